The van der Waals surface area contributed by atoms with Crippen molar-refractivity contribution < 1.29 is 4.74 Å². The Morgan fingerprint density at radius 1 is 1.25 bits per heavy atom. The maximum atomic E-state index is 6.64. The minimum Gasteiger partial charge on any atom is -0.377 e. The maximum absolute atomic E-state index is 6.64. The molecule has 3 unspecified atom stereocenters. The monoisotopic (exact) mass is 274 g/mol. The predicted octanol–water partition coefficient (Wildman–Crippen LogP) is 2.50. The number of hydrogen-bond acceptors (Lipinski definition) is 3. The normalized spacial score (nSPS) is 32.2. The van der Waals surface area contributed by atoms with Gasteiger partial charge < -0.3 is 10.5 Å². The molecule has 3 heteroatoms. The Hall–Kier alpha value is -0.900. The summed E-state index contributed by atoms with van der Waals surface area (Å²) in [6, 6.07) is 9.31. The number of benzene rings is 1. The van der Waals surface area contributed by atoms with E-state index in [1.54, 1.807) is 0 Å². The van der Waals surface area contributed by atoms with Gasteiger partial charge >= 0.3 is 0 Å². The van der Waals surface area contributed by atoms with Crippen LogP contribution in [0.4, 0.5) is 0 Å². The second-order valence-corrected chi connectivity index (χ2v) is 6.21. The van der Waals surface area contributed by atoms with Crippen LogP contribution in [0.5, 0.6) is 0 Å². The zero-order valence-corrected chi connectivity index (χ0v) is 12.4. The molecule has 0 aromatic heterocycles. The lowest BCUT2D eigenvalue weighted by Gasteiger charge is -2.35. The fraction of sp³-hybridized carbons (Fsp3) is 0.647. The lowest BCUT2D eigenvalue weighted by molar-refractivity contribution is 0.0567. The molecule has 1 aromatic rings. The fourth-order valence-electron chi connectivity index (χ4n) is 3.71. The standard InChI is InChI=1S/C17H26N2O/c1-13-12-19(10-5-11-20-13)16-9-4-7-14-6-2-3-8-15(14)17(16)18/h2-3,6,8,13,16-17H,4-5,7,9-12,18H2,1H3. The van der Waals surface area contributed by atoms with E-state index >= 15 is 0 Å². The Bertz CT molecular complexity index is 448. The van der Waals surface area contributed by atoms with Crippen LogP contribution in [0.2, 0.25) is 0 Å². The molecule has 2 aliphatic rings. The van der Waals surface area contributed by atoms with Gasteiger partial charge in [0, 0.05) is 31.8 Å². The van der Waals surface area contributed by atoms with Crippen LogP contribution < -0.4 is 5.73 Å². The van der Waals surface area contributed by atoms with Crippen molar-refractivity contribution in [1.82, 2.24) is 4.90 Å². The predicted molar refractivity (Wildman–Crippen MR) is 81.7 cm³/mol. The molecular formula is C17H26N2O. The van der Waals surface area contributed by atoms with Crippen LogP contribution in [0, 0.1) is 0 Å². The van der Waals surface area contributed by atoms with Crippen molar-refractivity contribution in [3.8, 4) is 0 Å². The summed E-state index contributed by atoms with van der Waals surface area (Å²) in [5.74, 6) is 0. The summed E-state index contributed by atoms with van der Waals surface area (Å²) in [5, 5.41) is 0. The van der Waals surface area contributed by atoms with Gasteiger partial charge in [0.15, 0.2) is 0 Å². The number of hydrogen-bond donors (Lipinski definition) is 1. The number of nitrogens with zero attached hydrogens (tertiary/aromatic N) is 1. The van der Waals surface area contributed by atoms with Gasteiger partial charge in [-0.05, 0) is 43.7 Å². The van der Waals surface area contributed by atoms with Crippen LogP contribution in [0.3, 0.4) is 0 Å². The smallest absolute Gasteiger partial charge is 0.0674 e. The van der Waals surface area contributed by atoms with Gasteiger partial charge in [0.1, 0.15) is 0 Å². The number of ether oxygens (including phenoxy) is 1. The first-order chi connectivity index (χ1) is 9.75. The van der Waals surface area contributed by atoms with E-state index in [1.165, 1.54) is 30.4 Å². The molecule has 0 bridgehead atoms. The molecule has 1 fully saturated rings. The summed E-state index contributed by atoms with van der Waals surface area (Å²) in [6.07, 6.45) is 5.04. The SMILES string of the molecule is CC1CN(C2CCCc3ccccc3C2N)CCCO1. The number of fused-ring (bicyclic) bond motifs is 1. The van der Waals surface area contributed by atoms with Crippen molar-refractivity contribution in [2.24, 2.45) is 5.73 Å². The minimum atomic E-state index is 0.138. The lowest BCUT2D eigenvalue weighted by Crippen LogP contribution is -2.45. The minimum absolute atomic E-state index is 0.138. The van der Waals surface area contributed by atoms with E-state index in [9.17, 15) is 0 Å². The Morgan fingerprint density at radius 3 is 3.00 bits per heavy atom. The van der Waals surface area contributed by atoms with Gasteiger partial charge in [-0.25, -0.2) is 0 Å². The first-order valence-electron chi connectivity index (χ1n) is 7.95. The highest BCUT2D eigenvalue weighted by molar-refractivity contribution is 5.32. The molecule has 1 saturated heterocycles. The second-order valence-electron chi connectivity index (χ2n) is 6.21. The third-order valence-electron chi connectivity index (χ3n) is 4.73. The Kier molecular flexibility index (Phi) is 4.39. The van der Waals surface area contributed by atoms with Crippen molar-refractivity contribution in [3.05, 3.63) is 35.4 Å². The Morgan fingerprint density at radius 2 is 2.10 bits per heavy atom. The van der Waals surface area contributed by atoms with E-state index in [0.717, 1.165) is 26.1 Å². The summed E-state index contributed by atoms with van der Waals surface area (Å²) < 4.78 is 5.78. The van der Waals surface area contributed by atoms with Gasteiger partial charge in [0.25, 0.3) is 0 Å². The van der Waals surface area contributed by atoms with Crippen LogP contribution in [-0.2, 0) is 11.2 Å². The van der Waals surface area contributed by atoms with E-state index in [2.05, 4.69) is 36.1 Å². The van der Waals surface area contributed by atoms with Gasteiger partial charge in [-0.15, -0.1) is 0 Å². The maximum Gasteiger partial charge on any atom is 0.0674 e. The molecule has 2 N–H and O–H groups in total. The van der Waals surface area contributed by atoms with Crippen LogP contribution in [0.25, 0.3) is 0 Å². The second kappa shape index (κ2) is 6.25. The molecule has 20 heavy (non-hydrogen) atoms. The summed E-state index contributed by atoms with van der Waals surface area (Å²) in [5.41, 5.74) is 9.44. The zero-order chi connectivity index (χ0) is 13.9. The summed E-state index contributed by atoms with van der Waals surface area (Å²) in [7, 11) is 0. The van der Waals surface area contributed by atoms with E-state index in [1.807, 2.05) is 0 Å². The van der Waals surface area contributed by atoms with Crippen molar-refractivity contribution >= 4 is 0 Å². The van der Waals surface area contributed by atoms with Crippen molar-refractivity contribution in [1.29, 1.82) is 0 Å². The van der Waals surface area contributed by atoms with E-state index in [0.29, 0.717) is 12.1 Å². The highest BCUT2D eigenvalue weighted by atomic mass is 16.5. The molecular weight excluding hydrogens is 248 g/mol. The van der Waals surface area contributed by atoms with Crippen LogP contribution in [0.15, 0.2) is 24.3 Å². The van der Waals surface area contributed by atoms with Crippen molar-refractivity contribution in [3.63, 3.8) is 0 Å². The molecule has 3 nitrogen and oxygen atoms in total. The summed E-state index contributed by atoms with van der Waals surface area (Å²) >= 11 is 0. The molecule has 1 aliphatic heterocycles. The van der Waals surface area contributed by atoms with E-state index in [-0.39, 0.29) is 6.04 Å². The molecule has 110 valence electrons. The summed E-state index contributed by atoms with van der Waals surface area (Å²) in [4.78, 5) is 2.57. The molecule has 1 aromatic carbocycles. The molecule has 0 saturated carbocycles. The average molecular weight is 274 g/mol. The summed E-state index contributed by atoms with van der Waals surface area (Å²) in [6.45, 7) is 5.19. The highest BCUT2D eigenvalue weighted by Gasteiger charge is 2.31. The third-order valence-corrected chi connectivity index (χ3v) is 4.73. The third kappa shape index (κ3) is 2.90. The lowest BCUT2D eigenvalue weighted by atomic mass is 9.95. The van der Waals surface area contributed by atoms with Gasteiger partial charge in [0.05, 0.1) is 6.10 Å². The molecule has 0 radical (unpaired) electrons. The Labute approximate surface area is 122 Å². The quantitative estimate of drug-likeness (QED) is 0.800. The van der Waals surface area contributed by atoms with Crippen molar-refractivity contribution in [2.45, 2.75) is 50.8 Å². The largest absolute Gasteiger partial charge is 0.377 e. The average Bonchev–Trinajstić information content (AvgIpc) is 2.76. The van der Waals surface area contributed by atoms with Crippen LogP contribution >= 0.6 is 0 Å². The van der Waals surface area contributed by atoms with Crippen molar-refractivity contribution in [2.75, 3.05) is 19.7 Å². The molecule has 0 amide bonds. The first-order valence-corrected chi connectivity index (χ1v) is 7.95. The molecule has 1 heterocycles. The molecule has 1 aliphatic carbocycles. The van der Waals surface area contributed by atoms with Gasteiger partial charge in [0.2, 0.25) is 0 Å². The van der Waals surface area contributed by atoms with E-state index < -0.39 is 0 Å². The van der Waals surface area contributed by atoms with Gasteiger partial charge in [-0.1, -0.05) is 24.3 Å². The highest BCUT2D eigenvalue weighted by Crippen LogP contribution is 2.31. The Balaban J connectivity index is 1.82. The van der Waals surface area contributed by atoms with Crippen LogP contribution in [0.1, 0.15) is 43.4 Å². The zero-order valence-electron chi connectivity index (χ0n) is 12.4. The number of nitrogens with two attached hydrogens (primary N) is 1. The first kappa shape index (κ1) is 14.1. The fourth-order valence-corrected chi connectivity index (χ4v) is 3.71. The van der Waals surface area contributed by atoms with E-state index in [4.69, 9.17) is 10.5 Å². The van der Waals surface area contributed by atoms with Crippen LogP contribution in [-0.4, -0.2) is 36.7 Å². The van der Waals surface area contributed by atoms with Gasteiger partial charge in [-0.2, -0.15) is 0 Å². The molecule has 3 atom stereocenters. The molecule has 3 rings (SSSR count). The topological polar surface area (TPSA) is 38.5 Å². The number of rotatable bonds is 1. The molecule has 0 spiro atoms. The number of aryl methyl sites for hydroxylation is 1. The van der Waals surface area contributed by atoms with Gasteiger partial charge in [-0.3, -0.25) is 4.90 Å².